The Labute approximate surface area is 134 Å². The summed E-state index contributed by atoms with van der Waals surface area (Å²) >= 11 is 1.57. The summed E-state index contributed by atoms with van der Waals surface area (Å²) in [7, 11) is 2.13. The first kappa shape index (κ1) is 15.0. The van der Waals surface area contributed by atoms with E-state index in [2.05, 4.69) is 33.6 Å². The lowest BCUT2D eigenvalue weighted by Crippen LogP contribution is -2.35. The number of amides is 2. The van der Waals surface area contributed by atoms with Crippen LogP contribution in [0.15, 0.2) is 41.4 Å². The van der Waals surface area contributed by atoms with Crippen LogP contribution in [0.2, 0.25) is 0 Å². The van der Waals surface area contributed by atoms with Crippen LogP contribution in [0.1, 0.15) is 18.0 Å². The van der Waals surface area contributed by atoms with Gasteiger partial charge < -0.3 is 10.6 Å². The molecule has 5 nitrogen and oxygen atoms in total. The molecule has 1 aliphatic rings. The zero-order valence-corrected chi connectivity index (χ0v) is 13.3. The summed E-state index contributed by atoms with van der Waals surface area (Å²) in [5.74, 6) is 0.405. The van der Waals surface area contributed by atoms with Gasteiger partial charge in [0.05, 0.1) is 5.69 Å². The van der Waals surface area contributed by atoms with Crippen LogP contribution < -0.4 is 10.6 Å². The van der Waals surface area contributed by atoms with Crippen molar-refractivity contribution in [2.45, 2.75) is 12.5 Å². The average Bonchev–Trinajstić information content (AvgIpc) is 3.16. The summed E-state index contributed by atoms with van der Waals surface area (Å²) in [6, 6.07) is 6.15. The minimum absolute atomic E-state index is 0.141. The molecule has 0 saturated carbocycles. The molecule has 2 amide bonds. The number of aromatic nitrogens is 1. The van der Waals surface area contributed by atoms with Gasteiger partial charge in [-0.25, -0.2) is 4.79 Å². The quantitative estimate of drug-likeness (QED) is 0.912. The van der Waals surface area contributed by atoms with Crippen molar-refractivity contribution in [1.82, 2.24) is 15.2 Å². The van der Waals surface area contributed by atoms with Gasteiger partial charge in [-0.1, -0.05) is 6.07 Å². The fourth-order valence-electron chi connectivity index (χ4n) is 3.05. The third-order valence-corrected chi connectivity index (χ3v) is 4.79. The lowest BCUT2D eigenvalue weighted by atomic mass is 9.95. The van der Waals surface area contributed by atoms with Gasteiger partial charge in [0.25, 0.3) is 0 Å². The molecule has 0 spiro atoms. The maximum Gasteiger partial charge on any atom is 0.319 e. The Balaban J connectivity index is 1.58. The largest absolute Gasteiger partial charge is 0.338 e. The molecule has 1 saturated heterocycles. The Morgan fingerprint density at radius 3 is 3.14 bits per heavy atom. The predicted molar refractivity (Wildman–Crippen MR) is 89.1 cm³/mol. The highest BCUT2D eigenvalue weighted by atomic mass is 32.1. The van der Waals surface area contributed by atoms with Crippen LogP contribution in [-0.2, 0) is 0 Å². The van der Waals surface area contributed by atoms with Gasteiger partial charge in [-0.2, -0.15) is 11.3 Å². The van der Waals surface area contributed by atoms with Gasteiger partial charge in [0.15, 0.2) is 0 Å². The number of nitrogens with zero attached hydrogens (tertiary/aromatic N) is 2. The Morgan fingerprint density at radius 2 is 2.41 bits per heavy atom. The molecule has 22 heavy (non-hydrogen) atoms. The van der Waals surface area contributed by atoms with Gasteiger partial charge in [-0.3, -0.25) is 9.88 Å². The lowest BCUT2D eigenvalue weighted by molar-refractivity contribution is 0.243. The molecule has 1 aliphatic heterocycles. The molecule has 0 radical (unpaired) electrons. The minimum atomic E-state index is -0.141. The number of hydrogen-bond acceptors (Lipinski definition) is 4. The minimum Gasteiger partial charge on any atom is -0.338 e. The molecule has 3 heterocycles. The predicted octanol–water partition coefficient (Wildman–Crippen LogP) is 2.96. The molecule has 3 rings (SSSR count). The first-order valence-corrected chi connectivity index (χ1v) is 8.35. The van der Waals surface area contributed by atoms with Crippen molar-refractivity contribution in [3.8, 4) is 0 Å². The Morgan fingerprint density at radius 1 is 1.50 bits per heavy atom. The second-order valence-corrected chi connectivity index (χ2v) is 6.39. The molecular formula is C16H20N4OS. The molecule has 2 N–H and O–H groups in total. The molecule has 0 bridgehead atoms. The second kappa shape index (κ2) is 6.89. The smallest absolute Gasteiger partial charge is 0.319 e. The number of carbonyl (C=O) groups is 1. The monoisotopic (exact) mass is 316 g/mol. The fraction of sp³-hybridized carbons (Fsp3) is 0.375. The molecular weight excluding hydrogens is 296 g/mol. The standard InChI is InChI=1S/C16H20N4OS/c1-20-7-4-13(15(20)12-3-2-6-17-9-12)10-18-16(21)19-14-5-8-22-11-14/h2-3,5-6,8-9,11,13,15H,4,7,10H2,1H3,(H2,18,19,21)/t13-,15-/m0/s1. The number of hydrogen-bond donors (Lipinski definition) is 2. The van der Waals surface area contributed by atoms with Crippen LogP contribution in [0.5, 0.6) is 0 Å². The summed E-state index contributed by atoms with van der Waals surface area (Å²) in [6.45, 7) is 1.71. The number of carbonyl (C=O) groups excluding carboxylic acids is 1. The van der Waals surface area contributed by atoms with Crippen LogP contribution >= 0.6 is 11.3 Å². The van der Waals surface area contributed by atoms with Crippen molar-refractivity contribution < 1.29 is 4.79 Å². The second-order valence-electron chi connectivity index (χ2n) is 5.61. The summed E-state index contributed by atoms with van der Waals surface area (Å²) in [6.07, 6.45) is 4.79. The van der Waals surface area contributed by atoms with Gasteiger partial charge in [-0.05, 0) is 49.0 Å². The summed E-state index contributed by atoms with van der Waals surface area (Å²) in [5, 5.41) is 9.70. The number of urea groups is 1. The van der Waals surface area contributed by atoms with Crippen molar-refractivity contribution in [2.75, 3.05) is 25.5 Å². The van der Waals surface area contributed by atoms with Gasteiger partial charge in [0.2, 0.25) is 0 Å². The van der Waals surface area contributed by atoms with Gasteiger partial charge in [0.1, 0.15) is 0 Å². The van der Waals surface area contributed by atoms with E-state index in [0.29, 0.717) is 18.5 Å². The SMILES string of the molecule is CN1CC[C@@H](CNC(=O)Nc2ccsc2)[C@@H]1c1cccnc1. The van der Waals surface area contributed by atoms with E-state index in [1.54, 1.807) is 17.5 Å². The van der Waals surface area contributed by atoms with Crippen molar-refractivity contribution in [3.63, 3.8) is 0 Å². The molecule has 2 atom stereocenters. The van der Waals surface area contributed by atoms with E-state index in [1.807, 2.05) is 29.1 Å². The first-order valence-electron chi connectivity index (χ1n) is 7.41. The fourth-order valence-corrected chi connectivity index (χ4v) is 3.64. The van der Waals surface area contributed by atoms with Crippen LogP contribution in [0.4, 0.5) is 10.5 Å². The normalized spacial score (nSPS) is 21.7. The molecule has 6 heteroatoms. The van der Waals surface area contributed by atoms with Crippen molar-refractivity contribution in [1.29, 1.82) is 0 Å². The molecule has 0 aromatic carbocycles. The number of pyridine rings is 1. The lowest BCUT2D eigenvalue weighted by Gasteiger charge is -2.25. The molecule has 1 fully saturated rings. The first-order chi connectivity index (χ1) is 10.7. The van der Waals surface area contributed by atoms with E-state index in [0.717, 1.165) is 18.7 Å². The summed E-state index contributed by atoms with van der Waals surface area (Å²) in [5.41, 5.74) is 2.06. The van der Waals surface area contributed by atoms with Crippen LogP contribution in [0, 0.1) is 5.92 Å². The van der Waals surface area contributed by atoms with Gasteiger partial charge >= 0.3 is 6.03 Å². The Hall–Kier alpha value is -1.92. The number of nitrogens with one attached hydrogen (secondary N) is 2. The average molecular weight is 316 g/mol. The topological polar surface area (TPSA) is 57.3 Å². The van der Waals surface area contributed by atoms with Crippen molar-refractivity contribution >= 4 is 23.1 Å². The highest BCUT2D eigenvalue weighted by Gasteiger charge is 2.33. The van der Waals surface area contributed by atoms with E-state index < -0.39 is 0 Å². The molecule has 2 aromatic rings. The van der Waals surface area contributed by atoms with Crippen LogP contribution in [-0.4, -0.2) is 36.1 Å². The zero-order chi connectivity index (χ0) is 15.4. The van der Waals surface area contributed by atoms with Gasteiger partial charge in [0, 0.05) is 30.4 Å². The summed E-state index contributed by atoms with van der Waals surface area (Å²) in [4.78, 5) is 18.5. The van der Waals surface area contributed by atoms with E-state index in [-0.39, 0.29) is 6.03 Å². The number of rotatable bonds is 4. The van der Waals surface area contributed by atoms with E-state index >= 15 is 0 Å². The zero-order valence-electron chi connectivity index (χ0n) is 12.5. The Kier molecular flexibility index (Phi) is 4.70. The van der Waals surface area contributed by atoms with Crippen molar-refractivity contribution in [3.05, 3.63) is 46.9 Å². The van der Waals surface area contributed by atoms with Crippen molar-refractivity contribution in [2.24, 2.45) is 5.92 Å². The van der Waals surface area contributed by atoms with E-state index in [1.165, 1.54) is 5.56 Å². The third-order valence-electron chi connectivity index (χ3n) is 4.10. The van der Waals surface area contributed by atoms with Gasteiger partial charge in [-0.15, -0.1) is 0 Å². The molecule has 116 valence electrons. The highest BCUT2D eigenvalue weighted by Crippen LogP contribution is 2.35. The Bertz CT molecular complexity index is 602. The van der Waals surface area contributed by atoms with E-state index in [9.17, 15) is 4.79 Å². The maximum atomic E-state index is 11.9. The summed E-state index contributed by atoms with van der Waals surface area (Å²) < 4.78 is 0. The molecule has 0 unspecified atom stereocenters. The third kappa shape index (κ3) is 3.45. The van der Waals surface area contributed by atoms with E-state index in [4.69, 9.17) is 0 Å². The maximum absolute atomic E-state index is 11.9. The number of thiophene rings is 1. The number of anilines is 1. The van der Waals surface area contributed by atoms with Crippen LogP contribution in [0.3, 0.4) is 0 Å². The number of likely N-dealkylation sites (tertiary alicyclic amines) is 1. The highest BCUT2D eigenvalue weighted by molar-refractivity contribution is 7.08. The molecule has 0 aliphatic carbocycles. The van der Waals surface area contributed by atoms with Crippen LogP contribution in [0.25, 0.3) is 0 Å². The molecule has 2 aromatic heterocycles.